The molecule has 3 rings (SSSR count). The highest BCUT2D eigenvalue weighted by molar-refractivity contribution is 5.95. The lowest BCUT2D eigenvalue weighted by atomic mass is 10.0. The first-order valence-electron chi connectivity index (χ1n) is 6.91. The molecule has 2 unspecified atom stereocenters. The minimum Gasteiger partial charge on any atom is -0.372 e. The Bertz CT molecular complexity index is 501. The lowest BCUT2D eigenvalue weighted by Crippen LogP contribution is -2.42. The van der Waals surface area contributed by atoms with Crippen LogP contribution < -0.4 is 5.73 Å². The molecule has 0 aliphatic carbocycles. The molecule has 0 spiro atoms. The summed E-state index contributed by atoms with van der Waals surface area (Å²) in [5.74, 6) is 0.598. The van der Waals surface area contributed by atoms with Gasteiger partial charge in [-0.2, -0.15) is 0 Å². The van der Waals surface area contributed by atoms with Gasteiger partial charge in [-0.3, -0.25) is 4.79 Å². The average molecular weight is 260 g/mol. The second-order valence-corrected chi connectivity index (χ2v) is 5.54. The molecule has 0 aromatic heterocycles. The van der Waals surface area contributed by atoms with Crippen LogP contribution in [0.3, 0.4) is 0 Å². The molecule has 1 aromatic rings. The van der Waals surface area contributed by atoms with E-state index in [1.54, 1.807) is 0 Å². The van der Waals surface area contributed by atoms with Gasteiger partial charge in [0.1, 0.15) is 0 Å². The number of benzene rings is 1. The largest absolute Gasteiger partial charge is 0.372 e. The van der Waals surface area contributed by atoms with E-state index < -0.39 is 0 Å². The highest BCUT2D eigenvalue weighted by Gasteiger charge is 2.33. The minimum atomic E-state index is 0.106. The molecule has 102 valence electrons. The first kappa shape index (κ1) is 12.6. The van der Waals surface area contributed by atoms with Crippen molar-refractivity contribution in [1.82, 2.24) is 4.90 Å². The number of ether oxygens (including phenoxy) is 1. The van der Waals surface area contributed by atoms with Gasteiger partial charge in [0.15, 0.2) is 0 Å². The fourth-order valence-corrected chi connectivity index (χ4v) is 3.09. The first-order chi connectivity index (χ1) is 9.20. The number of amides is 1. The molecule has 2 heterocycles. The van der Waals surface area contributed by atoms with Gasteiger partial charge in [0.05, 0.1) is 13.2 Å². The molecule has 4 nitrogen and oxygen atoms in total. The zero-order valence-electron chi connectivity index (χ0n) is 11.3. The van der Waals surface area contributed by atoms with E-state index in [1.807, 2.05) is 23.1 Å². The van der Waals surface area contributed by atoms with Crippen LogP contribution in [0, 0.1) is 5.92 Å². The van der Waals surface area contributed by atoms with E-state index in [2.05, 4.69) is 6.92 Å². The quantitative estimate of drug-likeness (QED) is 0.877. The maximum atomic E-state index is 12.6. The number of hydrogen-bond donors (Lipinski definition) is 1. The van der Waals surface area contributed by atoms with Crippen molar-refractivity contribution in [2.45, 2.75) is 32.6 Å². The standard InChI is InChI=1S/C15H20N2O2/c1-10-4-5-17(14(10)7-16)15(18)11-2-3-12-8-19-9-13(12)6-11/h2-3,6,10,14H,4-5,7-9,16H2,1H3. The highest BCUT2D eigenvalue weighted by Crippen LogP contribution is 2.27. The molecular weight excluding hydrogens is 240 g/mol. The molecule has 1 aromatic carbocycles. The zero-order chi connectivity index (χ0) is 13.4. The van der Waals surface area contributed by atoms with Crippen molar-refractivity contribution in [3.8, 4) is 0 Å². The van der Waals surface area contributed by atoms with Crippen molar-refractivity contribution < 1.29 is 9.53 Å². The smallest absolute Gasteiger partial charge is 0.254 e. The predicted molar refractivity (Wildman–Crippen MR) is 72.6 cm³/mol. The summed E-state index contributed by atoms with van der Waals surface area (Å²) in [5.41, 5.74) is 8.90. The Hall–Kier alpha value is -1.39. The molecule has 1 fully saturated rings. The Kier molecular flexibility index (Phi) is 3.29. The van der Waals surface area contributed by atoms with Crippen LogP contribution in [0.4, 0.5) is 0 Å². The average Bonchev–Trinajstić information content (AvgIpc) is 3.02. The number of carbonyl (C=O) groups is 1. The summed E-state index contributed by atoms with van der Waals surface area (Å²) in [6.45, 7) is 4.81. The second-order valence-electron chi connectivity index (χ2n) is 5.54. The fourth-order valence-electron chi connectivity index (χ4n) is 3.09. The van der Waals surface area contributed by atoms with Crippen molar-refractivity contribution in [3.05, 3.63) is 34.9 Å². The van der Waals surface area contributed by atoms with Crippen LogP contribution in [0.5, 0.6) is 0 Å². The summed E-state index contributed by atoms with van der Waals surface area (Å²) in [6, 6.07) is 6.07. The fraction of sp³-hybridized carbons (Fsp3) is 0.533. The summed E-state index contributed by atoms with van der Waals surface area (Å²) in [4.78, 5) is 14.5. The molecule has 0 bridgehead atoms. The van der Waals surface area contributed by atoms with Crippen LogP contribution in [0.2, 0.25) is 0 Å². The van der Waals surface area contributed by atoms with Crippen LogP contribution in [0.15, 0.2) is 18.2 Å². The van der Waals surface area contributed by atoms with Gasteiger partial charge in [0.25, 0.3) is 5.91 Å². The maximum absolute atomic E-state index is 12.6. The third kappa shape index (κ3) is 2.15. The number of fused-ring (bicyclic) bond motifs is 1. The molecule has 2 N–H and O–H groups in total. The van der Waals surface area contributed by atoms with Gasteiger partial charge in [-0.1, -0.05) is 13.0 Å². The third-order valence-corrected chi connectivity index (χ3v) is 4.35. The van der Waals surface area contributed by atoms with Crippen LogP contribution in [-0.2, 0) is 18.0 Å². The first-order valence-corrected chi connectivity index (χ1v) is 6.91. The molecule has 1 saturated heterocycles. The number of likely N-dealkylation sites (tertiary alicyclic amines) is 1. The Morgan fingerprint density at radius 2 is 2.21 bits per heavy atom. The van der Waals surface area contributed by atoms with Gasteiger partial charge >= 0.3 is 0 Å². The SMILES string of the molecule is CC1CCN(C(=O)c2ccc3c(c2)COC3)C1CN. The normalized spacial score (nSPS) is 25.7. The zero-order valence-corrected chi connectivity index (χ0v) is 11.3. The van der Waals surface area contributed by atoms with E-state index >= 15 is 0 Å². The molecule has 2 aliphatic rings. The monoisotopic (exact) mass is 260 g/mol. The molecule has 1 amide bonds. The molecule has 19 heavy (non-hydrogen) atoms. The molecule has 2 aliphatic heterocycles. The van der Waals surface area contributed by atoms with Gasteiger partial charge in [0, 0.05) is 24.7 Å². The second kappa shape index (κ2) is 4.94. The van der Waals surface area contributed by atoms with Crippen LogP contribution in [0.1, 0.15) is 34.8 Å². The van der Waals surface area contributed by atoms with Gasteiger partial charge in [-0.05, 0) is 35.6 Å². The van der Waals surface area contributed by atoms with E-state index in [0.29, 0.717) is 25.7 Å². The summed E-state index contributed by atoms with van der Waals surface area (Å²) in [7, 11) is 0. The van der Waals surface area contributed by atoms with Crippen molar-refractivity contribution in [3.63, 3.8) is 0 Å². The maximum Gasteiger partial charge on any atom is 0.254 e. The number of nitrogens with zero attached hydrogens (tertiary/aromatic N) is 1. The molecule has 4 heteroatoms. The summed E-state index contributed by atoms with van der Waals surface area (Å²) >= 11 is 0. The Morgan fingerprint density at radius 1 is 1.42 bits per heavy atom. The topological polar surface area (TPSA) is 55.6 Å². The molecule has 2 atom stereocenters. The summed E-state index contributed by atoms with van der Waals surface area (Å²) in [5, 5.41) is 0. The van der Waals surface area contributed by atoms with Crippen molar-refractivity contribution >= 4 is 5.91 Å². The van der Waals surface area contributed by atoms with Gasteiger partial charge in [-0.25, -0.2) is 0 Å². The Balaban J connectivity index is 1.84. The number of carbonyl (C=O) groups excluding carboxylic acids is 1. The highest BCUT2D eigenvalue weighted by atomic mass is 16.5. The molecule has 0 saturated carbocycles. The van der Waals surface area contributed by atoms with Gasteiger partial charge in [-0.15, -0.1) is 0 Å². The van der Waals surface area contributed by atoms with Crippen molar-refractivity contribution in [2.75, 3.05) is 13.1 Å². The van der Waals surface area contributed by atoms with Crippen LogP contribution >= 0.6 is 0 Å². The number of nitrogens with two attached hydrogens (primary N) is 1. The van der Waals surface area contributed by atoms with E-state index in [4.69, 9.17) is 10.5 Å². The Morgan fingerprint density at radius 3 is 3.00 bits per heavy atom. The van der Waals surface area contributed by atoms with E-state index in [0.717, 1.165) is 24.1 Å². The van der Waals surface area contributed by atoms with Crippen LogP contribution in [-0.4, -0.2) is 29.9 Å². The number of rotatable bonds is 2. The van der Waals surface area contributed by atoms with Crippen LogP contribution in [0.25, 0.3) is 0 Å². The Labute approximate surface area is 113 Å². The summed E-state index contributed by atoms with van der Waals surface area (Å²) < 4.78 is 5.39. The van der Waals surface area contributed by atoms with E-state index in [1.165, 1.54) is 5.56 Å². The van der Waals surface area contributed by atoms with E-state index in [-0.39, 0.29) is 11.9 Å². The molecular formula is C15H20N2O2. The van der Waals surface area contributed by atoms with Gasteiger partial charge < -0.3 is 15.4 Å². The minimum absolute atomic E-state index is 0.106. The summed E-state index contributed by atoms with van der Waals surface area (Å²) in [6.07, 6.45) is 1.04. The predicted octanol–water partition coefficient (Wildman–Crippen LogP) is 1.53. The lowest BCUT2D eigenvalue weighted by Gasteiger charge is -2.26. The lowest BCUT2D eigenvalue weighted by molar-refractivity contribution is 0.0727. The van der Waals surface area contributed by atoms with E-state index in [9.17, 15) is 4.79 Å². The van der Waals surface area contributed by atoms with Crippen molar-refractivity contribution in [2.24, 2.45) is 11.7 Å². The van der Waals surface area contributed by atoms with Gasteiger partial charge in [0.2, 0.25) is 0 Å². The third-order valence-electron chi connectivity index (χ3n) is 4.35. The number of hydrogen-bond acceptors (Lipinski definition) is 3. The molecule has 0 radical (unpaired) electrons. The van der Waals surface area contributed by atoms with Crippen molar-refractivity contribution in [1.29, 1.82) is 0 Å².